The Labute approximate surface area is 109 Å². The first-order valence-corrected chi connectivity index (χ1v) is 5.12. The minimum atomic E-state index is -4.77. The van der Waals surface area contributed by atoms with Crippen LogP contribution >= 0.6 is 0 Å². The van der Waals surface area contributed by atoms with Gasteiger partial charge in [-0.1, -0.05) is 0 Å². The number of rotatable bonds is 4. The number of aromatic amines is 1. The van der Waals surface area contributed by atoms with E-state index in [2.05, 4.69) is 0 Å². The second-order valence-corrected chi connectivity index (χ2v) is 3.66. The molecule has 1 aromatic heterocycles. The van der Waals surface area contributed by atoms with Gasteiger partial charge in [0.05, 0.1) is 6.61 Å². The predicted molar refractivity (Wildman–Crippen MR) is 58.0 cm³/mol. The van der Waals surface area contributed by atoms with Gasteiger partial charge in [0, 0.05) is 0 Å². The van der Waals surface area contributed by atoms with Crippen molar-refractivity contribution >= 4 is 11.9 Å². The zero-order chi connectivity index (χ0) is 15.5. The summed E-state index contributed by atoms with van der Waals surface area (Å²) in [6.07, 6.45) is -4.77. The van der Waals surface area contributed by atoms with Gasteiger partial charge in [-0.15, -0.1) is 0 Å². The number of aliphatic carboxylic acids is 1. The van der Waals surface area contributed by atoms with Crippen LogP contribution in [0.1, 0.15) is 16.1 Å². The summed E-state index contributed by atoms with van der Waals surface area (Å²) in [4.78, 5) is 34.9. The van der Waals surface area contributed by atoms with Crippen LogP contribution in [0.4, 0.5) is 13.2 Å². The SMILES string of the molecule is O=C(N[C@H](CO)C(=O)O)c1ccc(C(F)(F)F)[nH]c1=O. The van der Waals surface area contributed by atoms with Crippen LogP contribution in [0.5, 0.6) is 0 Å². The van der Waals surface area contributed by atoms with Crippen LogP contribution < -0.4 is 10.9 Å². The molecule has 0 fully saturated rings. The zero-order valence-corrected chi connectivity index (χ0v) is 9.69. The number of alkyl halides is 3. The standard InChI is InChI=1S/C10H9F3N2O5/c11-10(12,13)6-2-1-4(8(18)15-6)7(17)14-5(3-16)9(19)20/h1-2,5,16H,3H2,(H,14,17)(H,15,18)(H,19,20)/t5-/m1/s1. The summed E-state index contributed by atoms with van der Waals surface area (Å²) >= 11 is 0. The summed E-state index contributed by atoms with van der Waals surface area (Å²) in [5.41, 5.74) is -3.35. The molecule has 0 aromatic carbocycles. The number of halogens is 3. The van der Waals surface area contributed by atoms with Crippen molar-refractivity contribution in [3.63, 3.8) is 0 Å². The number of hydrogen-bond donors (Lipinski definition) is 4. The Balaban J connectivity index is 3.01. The van der Waals surface area contributed by atoms with Gasteiger partial charge in [-0.3, -0.25) is 9.59 Å². The van der Waals surface area contributed by atoms with E-state index in [0.29, 0.717) is 12.1 Å². The van der Waals surface area contributed by atoms with Crippen molar-refractivity contribution in [2.75, 3.05) is 6.61 Å². The van der Waals surface area contributed by atoms with E-state index in [0.717, 1.165) is 0 Å². The third-order valence-corrected chi connectivity index (χ3v) is 2.25. The monoisotopic (exact) mass is 294 g/mol. The summed E-state index contributed by atoms with van der Waals surface area (Å²) in [7, 11) is 0. The van der Waals surface area contributed by atoms with E-state index in [1.807, 2.05) is 0 Å². The minimum absolute atomic E-state index is 0.477. The van der Waals surface area contributed by atoms with Crippen molar-refractivity contribution in [3.8, 4) is 0 Å². The Morgan fingerprint density at radius 2 is 1.95 bits per heavy atom. The lowest BCUT2D eigenvalue weighted by atomic mass is 10.2. The molecule has 1 amide bonds. The molecule has 110 valence electrons. The van der Waals surface area contributed by atoms with Gasteiger partial charge in [-0.25, -0.2) is 4.79 Å². The van der Waals surface area contributed by atoms with Crippen molar-refractivity contribution in [1.29, 1.82) is 0 Å². The Kier molecular flexibility index (Phi) is 4.50. The number of nitrogens with one attached hydrogen (secondary N) is 2. The number of carboxylic acids is 1. The summed E-state index contributed by atoms with van der Waals surface area (Å²) < 4.78 is 36.9. The lowest BCUT2D eigenvalue weighted by Crippen LogP contribution is -2.44. The van der Waals surface area contributed by atoms with Gasteiger partial charge < -0.3 is 20.5 Å². The number of aliphatic hydroxyl groups is 1. The molecule has 0 radical (unpaired) electrons. The van der Waals surface area contributed by atoms with E-state index < -0.39 is 47.5 Å². The molecule has 0 saturated heterocycles. The molecule has 1 heterocycles. The van der Waals surface area contributed by atoms with Crippen molar-refractivity contribution in [2.24, 2.45) is 0 Å². The Morgan fingerprint density at radius 3 is 2.35 bits per heavy atom. The quantitative estimate of drug-likeness (QED) is 0.600. The van der Waals surface area contributed by atoms with Crippen LogP contribution in [0.15, 0.2) is 16.9 Å². The number of carboxylic acid groups (broad SMARTS) is 1. The van der Waals surface area contributed by atoms with Crippen molar-refractivity contribution < 1.29 is 33.0 Å². The first-order valence-electron chi connectivity index (χ1n) is 5.12. The maximum Gasteiger partial charge on any atom is 0.431 e. The molecule has 0 aliphatic heterocycles. The van der Waals surface area contributed by atoms with Gasteiger partial charge in [0.25, 0.3) is 11.5 Å². The molecule has 1 rings (SSSR count). The molecule has 1 aromatic rings. The molecule has 0 spiro atoms. The largest absolute Gasteiger partial charge is 0.480 e. The normalized spacial score (nSPS) is 12.8. The average molecular weight is 294 g/mol. The summed E-state index contributed by atoms with van der Waals surface area (Å²) in [6, 6.07) is -0.567. The van der Waals surface area contributed by atoms with Gasteiger partial charge in [-0.05, 0) is 12.1 Å². The van der Waals surface area contributed by atoms with E-state index in [1.165, 1.54) is 4.98 Å². The Morgan fingerprint density at radius 1 is 1.35 bits per heavy atom. The highest BCUT2D eigenvalue weighted by atomic mass is 19.4. The molecule has 20 heavy (non-hydrogen) atoms. The highest BCUT2D eigenvalue weighted by molar-refractivity contribution is 5.96. The smallest absolute Gasteiger partial charge is 0.431 e. The Bertz CT molecular complexity index is 581. The molecule has 1 atom stereocenters. The van der Waals surface area contributed by atoms with Crippen LogP contribution in [-0.2, 0) is 11.0 Å². The fraction of sp³-hybridized carbons (Fsp3) is 0.300. The van der Waals surface area contributed by atoms with E-state index in [4.69, 9.17) is 10.2 Å². The molecule has 0 saturated carbocycles. The molecular formula is C10H9F3N2O5. The van der Waals surface area contributed by atoms with E-state index in [9.17, 15) is 27.6 Å². The summed E-state index contributed by atoms with van der Waals surface area (Å²) in [5, 5.41) is 19.1. The number of carbonyl (C=O) groups excluding carboxylic acids is 1. The third kappa shape index (κ3) is 3.57. The van der Waals surface area contributed by atoms with Crippen molar-refractivity contribution in [2.45, 2.75) is 12.2 Å². The molecule has 0 aliphatic rings. The van der Waals surface area contributed by atoms with Gasteiger partial charge in [0.15, 0.2) is 6.04 Å². The fourth-order valence-corrected chi connectivity index (χ4v) is 1.24. The van der Waals surface area contributed by atoms with Crippen molar-refractivity contribution in [3.05, 3.63) is 33.7 Å². The molecule has 7 nitrogen and oxygen atoms in total. The second-order valence-electron chi connectivity index (χ2n) is 3.66. The zero-order valence-electron chi connectivity index (χ0n) is 9.69. The maximum atomic E-state index is 12.3. The third-order valence-electron chi connectivity index (χ3n) is 2.25. The lowest BCUT2D eigenvalue weighted by molar-refractivity contribution is -0.141. The summed E-state index contributed by atoms with van der Waals surface area (Å²) in [6.45, 7) is -0.931. The fourth-order valence-electron chi connectivity index (χ4n) is 1.24. The highest BCUT2D eigenvalue weighted by Crippen LogP contribution is 2.26. The molecule has 0 aliphatic carbocycles. The predicted octanol–water partition coefficient (Wildman–Crippen LogP) is -0.431. The van der Waals surface area contributed by atoms with Crippen LogP contribution in [-0.4, -0.2) is 39.7 Å². The molecule has 4 N–H and O–H groups in total. The second kappa shape index (κ2) is 5.74. The van der Waals surface area contributed by atoms with Gasteiger partial charge >= 0.3 is 12.1 Å². The summed E-state index contributed by atoms with van der Waals surface area (Å²) in [5.74, 6) is -2.76. The van der Waals surface area contributed by atoms with E-state index >= 15 is 0 Å². The molecule has 0 bridgehead atoms. The van der Waals surface area contributed by atoms with Crippen LogP contribution in [0.3, 0.4) is 0 Å². The topological polar surface area (TPSA) is 119 Å². The molecule has 10 heteroatoms. The molecular weight excluding hydrogens is 285 g/mol. The van der Waals surface area contributed by atoms with E-state index in [-0.39, 0.29) is 0 Å². The Hall–Kier alpha value is -2.36. The van der Waals surface area contributed by atoms with Gasteiger partial charge in [0.1, 0.15) is 11.3 Å². The maximum absolute atomic E-state index is 12.3. The van der Waals surface area contributed by atoms with Crippen molar-refractivity contribution in [1.82, 2.24) is 10.3 Å². The number of aromatic nitrogens is 1. The van der Waals surface area contributed by atoms with Crippen LogP contribution in [0, 0.1) is 0 Å². The first-order chi connectivity index (χ1) is 9.16. The molecule has 0 unspecified atom stereocenters. The minimum Gasteiger partial charge on any atom is -0.480 e. The van der Waals surface area contributed by atoms with Gasteiger partial charge in [-0.2, -0.15) is 13.2 Å². The average Bonchev–Trinajstić information content (AvgIpc) is 2.33. The number of amides is 1. The van der Waals surface area contributed by atoms with Crippen LogP contribution in [0.2, 0.25) is 0 Å². The lowest BCUT2D eigenvalue weighted by Gasteiger charge is -2.11. The number of aliphatic hydroxyl groups excluding tert-OH is 1. The highest BCUT2D eigenvalue weighted by Gasteiger charge is 2.32. The van der Waals surface area contributed by atoms with Gasteiger partial charge in [0.2, 0.25) is 0 Å². The number of pyridine rings is 1. The van der Waals surface area contributed by atoms with Crippen LogP contribution in [0.25, 0.3) is 0 Å². The first kappa shape index (κ1) is 15.7. The number of H-pyrrole nitrogens is 1. The number of carbonyl (C=O) groups is 2. The number of hydrogen-bond acceptors (Lipinski definition) is 4. The van der Waals surface area contributed by atoms with E-state index in [1.54, 1.807) is 5.32 Å².